The zero-order valence-corrected chi connectivity index (χ0v) is 16.4. The predicted molar refractivity (Wildman–Crippen MR) is 107 cm³/mol. The molecular formula is C20H19ClN2O2S. The Kier molecular flexibility index (Phi) is 5.30. The molecule has 0 unspecified atom stereocenters. The number of nitrogens with two attached hydrogens (primary N) is 1. The lowest BCUT2D eigenvalue weighted by Crippen LogP contribution is -2.00. The second kappa shape index (κ2) is 7.48. The fraction of sp³-hybridized carbons (Fsp3) is 0.200. The third-order valence-corrected chi connectivity index (χ3v) is 5.25. The van der Waals surface area contributed by atoms with Crippen LogP contribution < -0.4 is 10.5 Å². The number of hydrogen-bond donors (Lipinski definition) is 1. The van der Waals surface area contributed by atoms with Gasteiger partial charge in [-0.15, -0.1) is 0 Å². The Morgan fingerprint density at radius 1 is 1.19 bits per heavy atom. The average Bonchev–Trinajstić information content (AvgIpc) is 2.95. The van der Waals surface area contributed by atoms with Crippen molar-refractivity contribution in [2.75, 3.05) is 5.73 Å². The zero-order chi connectivity index (χ0) is 18.8. The molecule has 0 atom stereocenters. The van der Waals surface area contributed by atoms with Crippen LogP contribution in [0, 0.1) is 13.8 Å². The second-order valence-corrected chi connectivity index (χ2v) is 7.64. The van der Waals surface area contributed by atoms with Gasteiger partial charge in [-0.1, -0.05) is 41.1 Å². The number of anilines is 1. The number of nitrogens with zero attached hydrogens (tertiary/aromatic N) is 1. The van der Waals surface area contributed by atoms with Gasteiger partial charge in [0.15, 0.2) is 0 Å². The second-order valence-electron chi connectivity index (χ2n) is 6.16. The number of hydrogen-bond acceptors (Lipinski definition) is 5. The number of nitrogen functional groups attached to an aromatic ring is 1. The SMILES string of the molecule is CC(=O)Oc1sc(Cc2cc(C)c(N)cc2C)nc1-c1ccc(Cl)cc1. The number of carbonyl (C=O) groups excluding carboxylic acids is 1. The number of rotatable bonds is 4. The lowest BCUT2D eigenvalue weighted by atomic mass is 10.0. The van der Waals surface area contributed by atoms with Crippen LogP contribution in [0.2, 0.25) is 5.02 Å². The summed E-state index contributed by atoms with van der Waals surface area (Å²) in [5, 5.41) is 2.02. The van der Waals surface area contributed by atoms with E-state index < -0.39 is 0 Å². The van der Waals surface area contributed by atoms with Crippen LogP contribution in [-0.4, -0.2) is 11.0 Å². The molecule has 1 aromatic heterocycles. The van der Waals surface area contributed by atoms with Gasteiger partial charge in [0.2, 0.25) is 5.06 Å². The molecule has 6 heteroatoms. The Balaban J connectivity index is 1.99. The van der Waals surface area contributed by atoms with E-state index in [0.717, 1.165) is 32.9 Å². The lowest BCUT2D eigenvalue weighted by Gasteiger charge is -2.08. The molecule has 0 saturated heterocycles. The first-order chi connectivity index (χ1) is 12.3. The van der Waals surface area contributed by atoms with E-state index >= 15 is 0 Å². The molecule has 2 N–H and O–H groups in total. The van der Waals surface area contributed by atoms with Crippen molar-refractivity contribution in [1.82, 2.24) is 4.98 Å². The molecular weight excluding hydrogens is 368 g/mol. The van der Waals surface area contributed by atoms with E-state index in [4.69, 9.17) is 27.1 Å². The summed E-state index contributed by atoms with van der Waals surface area (Å²) in [5.74, 6) is -0.366. The average molecular weight is 387 g/mol. The van der Waals surface area contributed by atoms with Crippen LogP contribution in [0.3, 0.4) is 0 Å². The Labute approximate surface area is 161 Å². The zero-order valence-electron chi connectivity index (χ0n) is 14.8. The molecule has 0 amide bonds. The van der Waals surface area contributed by atoms with E-state index in [-0.39, 0.29) is 5.97 Å². The largest absolute Gasteiger partial charge is 0.413 e. The minimum absolute atomic E-state index is 0.366. The predicted octanol–water partition coefficient (Wildman–Crippen LogP) is 5.18. The Morgan fingerprint density at radius 3 is 2.54 bits per heavy atom. The van der Waals surface area contributed by atoms with Crippen molar-refractivity contribution in [2.24, 2.45) is 0 Å². The number of ether oxygens (including phenoxy) is 1. The normalized spacial score (nSPS) is 10.8. The molecule has 0 bridgehead atoms. The van der Waals surface area contributed by atoms with Gasteiger partial charge in [0, 0.05) is 29.6 Å². The highest BCUT2D eigenvalue weighted by Crippen LogP contribution is 2.37. The number of benzene rings is 2. The Hall–Kier alpha value is -2.37. The molecule has 0 aliphatic heterocycles. The highest BCUT2D eigenvalue weighted by atomic mass is 35.5. The highest BCUT2D eigenvalue weighted by molar-refractivity contribution is 7.14. The monoisotopic (exact) mass is 386 g/mol. The van der Waals surface area contributed by atoms with Gasteiger partial charge in [-0.2, -0.15) is 0 Å². The molecule has 3 aromatic rings. The van der Waals surface area contributed by atoms with E-state index in [2.05, 4.69) is 6.07 Å². The first-order valence-electron chi connectivity index (χ1n) is 8.13. The topological polar surface area (TPSA) is 65.2 Å². The molecule has 2 aromatic carbocycles. The summed E-state index contributed by atoms with van der Waals surface area (Å²) < 4.78 is 5.39. The molecule has 0 aliphatic rings. The number of thiazole rings is 1. The maximum Gasteiger partial charge on any atom is 0.308 e. The minimum Gasteiger partial charge on any atom is -0.413 e. The maximum atomic E-state index is 11.5. The van der Waals surface area contributed by atoms with Gasteiger partial charge >= 0.3 is 5.97 Å². The number of halogens is 1. The molecule has 4 nitrogen and oxygen atoms in total. The molecule has 134 valence electrons. The van der Waals surface area contributed by atoms with Gasteiger partial charge < -0.3 is 10.5 Å². The van der Waals surface area contributed by atoms with Crippen molar-refractivity contribution in [2.45, 2.75) is 27.2 Å². The fourth-order valence-corrected chi connectivity index (χ4v) is 3.79. The summed E-state index contributed by atoms with van der Waals surface area (Å²) in [6.07, 6.45) is 0.652. The maximum absolute atomic E-state index is 11.5. The van der Waals surface area contributed by atoms with Crippen molar-refractivity contribution >= 4 is 34.6 Å². The van der Waals surface area contributed by atoms with Crippen LogP contribution in [0.25, 0.3) is 11.3 Å². The van der Waals surface area contributed by atoms with E-state index in [1.807, 2.05) is 32.0 Å². The van der Waals surface area contributed by atoms with Crippen molar-refractivity contribution < 1.29 is 9.53 Å². The third kappa shape index (κ3) is 4.06. The van der Waals surface area contributed by atoms with Crippen LogP contribution in [0.5, 0.6) is 5.06 Å². The molecule has 1 heterocycles. The lowest BCUT2D eigenvalue weighted by molar-refractivity contribution is -0.131. The Bertz CT molecular complexity index is 965. The van der Waals surface area contributed by atoms with Crippen molar-refractivity contribution in [3.8, 4) is 16.3 Å². The molecule has 3 rings (SSSR count). The van der Waals surface area contributed by atoms with Gasteiger partial charge in [0.25, 0.3) is 0 Å². The van der Waals surface area contributed by atoms with Gasteiger partial charge in [0.1, 0.15) is 10.7 Å². The summed E-state index contributed by atoms with van der Waals surface area (Å²) in [7, 11) is 0. The van der Waals surface area contributed by atoms with Crippen LogP contribution >= 0.6 is 22.9 Å². The summed E-state index contributed by atoms with van der Waals surface area (Å²) in [5.41, 5.74) is 11.6. The standard InChI is InChI=1S/C20H19ClN2O2S/c1-11-9-17(22)12(2)8-15(11)10-18-23-19(20(26-18)25-13(3)24)14-4-6-16(21)7-5-14/h4-9H,10,22H2,1-3H3. The van der Waals surface area contributed by atoms with Crippen LogP contribution in [0.15, 0.2) is 36.4 Å². The summed E-state index contributed by atoms with van der Waals surface area (Å²) in [4.78, 5) is 16.2. The smallest absolute Gasteiger partial charge is 0.308 e. The number of carbonyl (C=O) groups is 1. The van der Waals surface area contributed by atoms with Crippen LogP contribution in [0.1, 0.15) is 28.6 Å². The third-order valence-electron chi connectivity index (χ3n) is 4.06. The number of aryl methyl sites for hydroxylation is 2. The van der Waals surface area contributed by atoms with E-state index in [1.54, 1.807) is 12.1 Å². The molecule has 0 aliphatic carbocycles. The van der Waals surface area contributed by atoms with E-state index in [0.29, 0.717) is 22.2 Å². The molecule has 0 spiro atoms. The van der Waals surface area contributed by atoms with Crippen molar-refractivity contribution in [1.29, 1.82) is 0 Å². The van der Waals surface area contributed by atoms with E-state index in [9.17, 15) is 4.79 Å². The van der Waals surface area contributed by atoms with Crippen LogP contribution in [0.4, 0.5) is 5.69 Å². The van der Waals surface area contributed by atoms with Gasteiger partial charge in [0.05, 0.1) is 0 Å². The van der Waals surface area contributed by atoms with Gasteiger partial charge in [-0.05, 0) is 48.7 Å². The molecule has 0 fully saturated rings. The van der Waals surface area contributed by atoms with Crippen molar-refractivity contribution in [3.63, 3.8) is 0 Å². The van der Waals surface area contributed by atoms with E-state index in [1.165, 1.54) is 18.3 Å². The number of aromatic nitrogens is 1. The molecule has 0 radical (unpaired) electrons. The Morgan fingerprint density at radius 2 is 1.88 bits per heavy atom. The minimum atomic E-state index is -0.366. The first kappa shape index (κ1) is 18.4. The summed E-state index contributed by atoms with van der Waals surface area (Å²) >= 11 is 7.35. The molecule has 0 saturated carbocycles. The van der Waals surface area contributed by atoms with Crippen molar-refractivity contribution in [3.05, 3.63) is 63.1 Å². The fourth-order valence-electron chi connectivity index (χ4n) is 2.67. The summed E-state index contributed by atoms with van der Waals surface area (Å²) in [6, 6.07) is 11.4. The quantitative estimate of drug-likeness (QED) is 0.495. The number of esters is 1. The van der Waals surface area contributed by atoms with Gasteiger partial charge in [-0.3, -0.25) is 4.79 Å². The van der Waals surface area contributed by atoms with Crippen LogP contribution in [-0.2, 0) is 11.2 Å². The molecule has 26 heavy (non-hydrogen) atoms. The first-order valence-corrected chi connectivity index (χ1v) is 9.32. The summed E-state index contributed by atoms with van der Waals surface area (Å²) in [6.45, 7) is 5.41. The van der Waals surface area contributed by atoms with Gasteiger partial charge in [-0.25, -0.2) is 4.98 Å². The highest BCUT2D eigenvalue weighted by Gasteiger charge is 2.17.